The normalized spacial score (nSPS) is 18.0. The lowest BCUT2D eigenvalue weighted by Crippen LogP contribution is -2.16. The van der Waals surface area contributed by atoms with Gasteiger partial charge in [0.2, 0.25) is 0 Å². The van der Waals surface area contributed by atoms with Gasteiger partial charge in [0.25, 0.3) is 5.91 Å². The number of nitrogen functional groups attached to an aromatic ring is 1. The first-order valence-electron chi connectivity index (χ1n) is 11.2. The predicted molar refractivity (Wildman–Crippen MR) is 130 cm³/mol. The fourth-order valence-electron chi connectivity index (χ4n) is 4.82. The van der Waals surface area contributed by atoms with Crippen LogP contribution in [0.4, 0.5) is 10.7 Å². The van der Waals surface area contributed by atoms with Crippen molar-refractivity contribution in [3.63, 3.8) is 0 Å². The highest BCUT2D eigenvalue weighted by Crippen LogP contribution is 2.41. The van der Waals surface area contributed by atoms with E-state index in [0.717, 1.165) is 71.3 Å². The Morgan fingerprint density at radius 2 is 2.00 bits per heavy atom. The molecule has 0 aliphatic heterocycles. The van der Waals surface area contributed by atoms with Crippen LogP contribution in [0.3, 0.4) is 0 Å². The molecule has 3 aromatic rings. The van der Waals surface area contributed by atoms with Crippen molar-refractivity contribution < 1.29 is 14.3 Å². The lowest BCUT2D eigenvalue weighted by Gasteiger charge is -2.18. The van der Waals surface area contributed by atoms with E-state index in [0.29, 0.717) is 27.0 Å². The summed E-state index contributed by atoms with van der Waals surface area (Å²) in [6.45, 7) is 2.21. The highest BCUT2D eigenvalue weighted by molar-refractivity contribution is 7.21. The second-order valence-corrected chi connectivity index (χ2v) is 11.0. The zero-order chi connectivity index (χ0) is 22.4. The number of esters is 1. The Morgan fingerprint density at radius 3 is 2.81 bits per heavy atom. The quantitative estimate of drug-likeness (QED) is 0.397. The van der Waals surface area contributed by atoms with Crippen molar-refractivity contribution in [1.82, 2.24) is 4.98 Å². The Hall–Kier alpha value is -2.45. The smallest absolute Gasteiger partial charge is 0.341 e. The highest BCUT2D eigenvalue weighted by Gasteiger charge is 2.30. The standard InChI is InChI=1S/C24H27N3O3S2/c1-12-8-9-14-17(10-12)31-23(18(14)24(29)30-2)27-21(28)20-19(25)15-11-13-6-4-3-5-7-16(13)26-22(15)32-20/h11-12H,3-10,25H2,1-2H3,(H,27,28). The number of pyridine rings is 1. The lowest BCUT2D eigenvalue weighted by atomic mass is 9.88. The maximum atomic E-state index is 13.3. The number of rotatable bonds is 3. The maximum absolute atomic E-state index is 13.3. The molecular formula is C24H27N3O3S2. The second-order valence-electron chi connectivity index (χ2n) is 8.85. The number of ether oxygens (including phenoxy) is 1. The van der Waals surface area contributed by atoms with Crippen molar-refractivity contribution in [1.29, 1.82) is 0 Å². The van der Waals surface area contributed by atoms with Gasteiger partial charge >= 0.3 is 5.97 Å². The van der Waals surface area contributed by atoms with Crippen molar-refractivity contribution in [3.8, 4) is 0 Å². The number of nitrogens with one attached hydrogen (secondary N) is 1. The molecule has 1 amide bonds. The van der Waals surface area contributed by atoms with Crippen LogP contribution in [0.1, 0.15) is 74.3 Å². The van der Waals surface area contributed by atoms with Crippen LogP contribution < -0.4 is 11.1 Å². The van der Waals surface area contributed by atoms with Gasteiger partial charge in [-0.25, -0.2) is 9.78 Å². The van der Waals surface area contributed by atoms with Crippen LogP contribution in [0.5, 0.6) is 0 Å². The van der Waals surface area contributed by atoms with Crippen LogP contribution in [-0.2, 0) is 30.4 Å². The molecule has 1 atom stereocenters. The summed E-state index contributed by atoms with van der Waals surface area (Å²) in [5.41, 5.74) is 10.8. The van der Waals surface area contributed by atoms with E-state index in [9.17, 15) is 9.59 Å². The van der Waals surface area contributed by atoms with Crippen LogP contribution >= 0.6 is 22.7 Å². The summed E-state index contributed by atoms with van der Waals surface area (Å²) in [5.74, 6) is -0.130. The van der Waals surface area contributed by atoms with E-state index in [-0.39, 0.29) is 5.91 Å². The average molecular weight is 470 g/mol. The van der Waals surface area contributed by atoms with Gasteiger partial charge in [-0.2, -0.15) is 0 Å². The Kier molecular flexibility index (Phi) is 5.67. The minimum absolute atomic E-state index is 0.294. The van der Waals surface area contributed by atoms with Crippen LogP contribution in [0.2, 0.25) is 0 Å². The molecule has 2 aliphatic carbocycles. The minimum atomic E-state index is -0.401. The number of nitrogens with zero attached hydrogens (tertiary/aromatic N) is 1. The number of fused-ring (bicyclic) bond motifs is 3. The number of thiophene rings is 2. The first-order chi connectivity index (χ1) is 15.5. The van der Waals surface area contributed by atoms with Gasteiger partial charge in [-0.05, 0) is 68.1 Å². The zero-order valence-electron chi connectivity index (χ0n) is 18.4. The summed E-state index contributed by atoms with van der Waals surface area (Å²) in [5, 5.41) is 4.39. The third-order valence-electron chi connectivity index (χ3n) is 6.58. The van der Waals surface area contributed by atoms with Crippen molar-refractivity contribution in [2.75, 3.05) is 18.2 Å². The van der Waals surface area contributed by atoms with Crippen LogP contribution in [-0.4, -0.2) is 24.0 Å². The molecule has 0 saturated heterocycles. The molecule has 5 rings (SSSR count). The van der Waals surface area contributed by atoms with Gasteiger partial charge in [0.05, 0.1) is 18.4 Å². The van der Waals surface area contributed by atoms with Gasteiger partial charge in [-0.1, -0.05) is 13.3 Å². The molecule has 3 N–H and O–H groups in total. The Morgan fingerprint density at radius 1 is 1.19 bits per heavy atom. The molecule has 3 heterocycles. The van der Waals surface area contributed by atoms with E-state index in [1.165, 1.54) is 41.8 Å². The number of aromatic nitrogens is 1. The number of anilines is 2. The number of carbonyl (C=O) groups is 2. The molecule has 2 aliphatic rings. The van der Waals surface area contributed by atoms with Gasteiger partial charge < -0.3 is 15.8 Å². The molecule has 0 bridgehead atoms. The SMILES string of the molecule is COC(=O)c1c(NC(=O)c2sc3nc4c(cc3c2N)CCCCC4)sc2c1CCC(C)C2. The van der Waals surface area contributed by atoms with Gasteiger partial charge in [-0.15, -0.1) is 22.7 Å². The largest absolute Gasteiger partial charge is 0.465 e. The molecule has 0 radical (unpaired) electrons. The lowest BCUT2D eigenvalue weighted by molar-refractivity contribution is 0.0601. The van der Waals surface area contributed by atoms with Crippen LogP contribution in [0, 0.1) is 5.92 Å². The van der Waals surface area contributed by atoms with E-state index in [1.807, 2.05) is 0 Å². The van der Waals surface area contributed by atoms with Crippen LogP contribution in [0.15, 0.2) is 6.07 Å². The van der Waals surface area contributed by atoms with Gasteiger partial charge in [0, 0.05) is 16.0 Å². The Labute approximate surface area is 195 Å². The second kappa shape index (κ2) is 8.48. The number of aryl methyl sites for hydroxylation is 2. The number of hydrogen-bond acceptors (Lipinski definition) is 7. The van der Waals surface area contributed by atoms with E-state index in [4.69, 9.17) is 15.5 Å². The molecule has 8 heteroatoms. The molecule has 0 saturated carbocycles. The topological polar surface area (TPSA) is 94.3 Å². The number of methoxy groups -OCH3 is 1. The van der Waals surface area contributed by atoms with E-state index < -0.39 is 5.97 Å². The van der Waals surface area contributed by atoms with Crippen molar-refractivity contribution in [2.45, 2.75) is 58.3 Å². The zero-order valence-corrected chi connectivity index (χ0v) is 20.0. The molecule has 32 heavy (non-hydrogen) atoms. The van der Waals surface area contributed by atoms with Gasteiger partial charge in [-0.3, -0.25) is 4.79 Å². The van der Waals surface area contributed by atoms with E-state index >= 15 is 0 Å². The summed E-state index contributed by atoms with van der Waals surface area (Å²) in [6.07, 6.45) is 8.30. The monoisotopic (exact) mass is 469 g/mol. The first kappa shape index (κ1) is 21.4. The number of nitrogens with two attached hydrogens (primary N) is 1. The van der Waals surface area contributed by atoms with Gasteiger partial charge in [0.15, 0.2) is 0 Å². The molecule has 0 aromatic carbocycles. The first-order valence-corrected chi connectivity index (χ1v) is 12.8. The molecule has 168 valence electrons. The van der Waals surface area contributed by atoms with Crippen molar-refractivity contribution in [3.05, 3.63) is 38.2 Å². The predicted octanol–water partition coefficient (Wildman–Crippen LogP) is 5.37. The molecular weight excluding hydrogens is 442 g/mol. The fraction of sp³-hybridized carbons (Fsp3) is 0.458. The summed E-state index contributed by atoms with van der Waals surface area (Å²) in [6, 6.07) is 2.12. The van der Waals surface area contributed by atoms with Crippen molar-refractivity contribution in [2.24, 2.45) is 5.92 Å². The Bertz CT molecular complexity index is 1230. The number of hydrogen-bond donors (Lipinski definition) is 2. The van der Waals surface area contributed by atoms with Crippen molar-refractivity contribution >= 4 is 55.5 Å². The maximum Gasteiger partial charge on any atom is 0.341 e. The molecule has 1 unspecified atom stereocenters. The summed E-state index contributed by atoms with van der Waals surface area (Å²) in [7, 11) is 1.38. The number of carbonyl (C=O) groups excluding carboxylic acids is 2. The average Bonchev–Trinajstić information content (AvgIpc) is 3.18. The molecule has 0 spiro atoms. The van der Waals surface area contributed by atoms with E-state index in [1.54, 1.807) is 0 Å². The summed E-state index contributed by atoms with van der Waals surface area (Å²) < 4.78 is 5.04. The summed E-state index contributed by atoms with van der Waals surface area (Å²) in [4.78, 5) is 33.1. The van der Waals surface area contributed by atoms with Gasteiger partial charge in [0.1, 0.15) is 14.7 Å². The third kappa shape index (κ3) is 3.69. The minimum Gasteiger partial charge on any atom is -0.465 e. The molecule has 0 fully saturated rings. The fourth-order valence-corrected chi connectivity index (χ4v) is 7.21. The molecule has 6 nitrogen and oxygen atoms in total. The molecule has 3 aromatic heterocycles. The summed E-state index contributed by atoms with van der Waals surface area (Å²) >= 11 is 2.81. The number of amides is 1. The third-order valence-corrected chi connectivity index (χ3v) is 8.87. The van der Waals surface area contributed by atoms with Crippen LogP contribution in [0.25, 0.3) is 10.2 Å². The Balaban J connectivity index is 1.50. The highest BCUT2D eigenvalue weighted by atomic mass is 32.1. The van der Waals surface area contributed by atoms with E-state index in [2.05, 4.69) is 18.3 Å².